The van der Waals surface area contributed by atoms with Crippen LogP contribution in [-0.4, -0.2) is 19.1 Å². The predicted octanol–water partition coefficient (Wildman–Crippen LogP) is 5.82. The number of Topliss-reactive ketones (excluding diaryl/α,β-unsaturated/α-hetero) is 1. The van der Waals surface area contributed by atoms with E-state index in [1.807, 2.05) is 4.57 Å². The van der Waals surface area contributed by atoms with Gasteiger partial charge in [0.1, 0.15) is 5.52 Å². The number of benzene rings is 1. The average molecular weight is 540 g/mol. The molecule has 0 saturated heterocycles. The minimum atomic E-state index is -2.01. The minimum Gasteiger partial charge on any atom is -0.321 e. The molecule has 0 amide bonds. The van der Waals surface area contributed by atoms with Crippen LogP contribution in [0.4, 0.5) is 0 Å². The van der Waals surface area contributed by atoms with Crippen molar-refractivity contribution in [1.29, 1.82) is 0 Å². The first-order valence-electron chi connectivity index (χ1n) is 5.90. The van der Waals surface area contributed by atoms with Crippen LogP contribution in [0.5, 0.6) is 0 Å². The van der Waals surface area contributed by atoms with Gasteiger partial charge in [0.15, 0.2) is 5.82 Å². The molecule has 1 aromatic carbocycles. The van der Waals surface area contributed by atoms with Gasteiger partial charge in [-0.05, 0) is 66.2 Å². The molecule has 1 aliphatic heterocycles. The summed E-state index contributed by atoms with van der Waals surface area (Å²) in [6.07, 6.45) is 1.79. The van der Waals surface area contributed by atoms with Crippen molar-refractivity contribution >= 4 is 99.4 Å². The number of aryl methyl sites for hydroxylation is 2. The van der Waals surface area contributed by atoms with E-state index in [4.69, 9.17) is 34.8 Å². The molecule has 0 spiro atoms. The Bertz CT molecular complexity index is 783. The lowest BCUT2D eigenvalue weighted by Crippen LogP contribution is -2.24. The zero-order valence-electron chi connectivity index (χ0n) is 10.2. The number of aromatic nitrogens is 2. The van der Waals surface area contributed by atoms with E-state index in [0.717, 1.165) is 37.3 Å². The van der Waals surface area contributed by atoms with Crippen LogP contribution in [-0.2, 0) is 13.0 Å². The number of carbonyl (C=O) groups is 1. The number of hydrogen-bond acceptors (Lipinski definition) is 2. The van der Waals surface area contributed by atoms with Crippen molar-refractivity contribution < 1.29 is 4.79 Å². The van der Waals surface area contributed by atoms with Crippen molar-refractivity contribution in [2.45, 2.75) is 23.2 Å². The summed E-state index contributed by atoms with van der Waals surface area (Å²) in [5.41, 5.74) is 2.69. The maximum absolute atomic E-state index is 12.3. The number of halogens is 6. The topological polar surface area (TPSA) is 34.9 Å². The van der Waals surface area contributed by atoms with Crippen molar-refractivity contribution in [3.63, 3.8) is 0 Å². The molecule has 112 valence electrons. The molecule has 21 heavy (non-hydrogen) atoms. The highest BCUT2D eigenvalue weighted by Gasteiger charge is 2.37. The molecular formula is C12H6Br3Cl3N2O. The van der Waals surface area contributed by atoms with Gasteiger partial charge in [-0.3, -0.25) is 4.79 Å². The Morgan fingerprint density at radius 1 is 1.14 bits per heavy atom. The Balaban J connectivity index is 2.40. The van der Waals surface area contributed by atoms with Crippen LogP contribution >= 0.6 is 82.6 Å². The van der Waals surface area contributed by atoms with Crippen molar-refractivity contribution in [3.8, 4) is 0 Å². The van der Waals surface area contributed by atoms with Crippen LogP contribution < -0.4 is 0 Å². The molecule has 0 radical (unpaired) electrons. The van der Waals surface area contributed by atoms with Gasteiger partial charge in [0.25, 0.3) is 3.79 Å². The van der Waals surface area contributed by atoms with E-state index in [-0.39, 0.29) is 5.82 Å². The summed E-state index contributed by atoms with van der Waals surface area (Å²) in [5.74, 6) is -0.438. The fourth-order valence-electron chi connectivity index (χ4n) is 2.51. The standard InChI is InChI=1S/C12H6Br3Cl3N2O/c13-5-4-2-1-3-20-9(4)8(7(15)6(5)14)19-11(20)10(21)12(16,17)18/h1-3H2. The third kappa shape index (κ3) is 2.60. The summed E-state index contributed by atoms with van der Waals surface area (Å²) in [6.45, 7) is 0.672. The molecule has 0 aliphatic carbocycles. The summed E-state index contributed by atoms with van der Waals surface area (Å²) in [6, 6.07) is 0. The molecule has 0 unspecified atom stereocenters. The van der Waals surface area contributed by atoms with Crippen LogP contribution in [0.2, 0.25) is 0 Å². The largest absolute Gasteiger partial charge is 0.321 e. The number of ketones is 1. The van der Waals surface area contributed by atoms with E-state index in [1.165, 1.54) is 0 Å². The maximum Gasteiger partial charge on any atom is 0.256 e. The lowest BCUT2D eigenvalue weighted by molar-refractivity contribution is 0.0982. The fraction of sp³-hybridized carbons (Fsp3) is 0.333. The lowest BCUT2D eigenvalue weighted by atomic mass is 10.0. The minimum absolute atomic E-state index is 0.177. The molecule has 9 heteroatoms. The molecule has 1 aliphatic rings. The lowest BCUT2D eigenvalue weighted by Gasteiger charge is -2.19. The molecule has 0 atom stereocenters. The normalized spacial score (nSPS) is 14.8. The highest BCUT2D eigenvalue weighted by Crippen LogP contribution is 2.43. The third-order valence-corrected chi connectivity index (χ3v) is 7.40. The van der Waals surface area contributed by atoms with Crippen molar-refractivity contribution in [2.75, 3.05) is 0 Å². The molecule has 0 fully saturated rings. The second-order valence-corrected chi connectivity index (χ2v) is 9.30. The molecule has 0 bridgehead atoms. The van der Waals surface area contributed by atoms with Gasteiger partial charge in [-0.25, -0.2) is 4.98 Å². The summed E-state index contributed by atoms with van der Waals surface area (Å²) >= 11 is 27.8. The van der Waals surface area contributed by atoms with Crippen LogP contribution in [0.3, 0.4) is 0 Å². The van der Waals surface area contributed by atoms with Gasteiger partial charge in [-0.15, -0.1) is 0 Å². The summed E-state index contributed by atoms with van der Waals surface area (Å²) in [4.78, 5) is 16.7. The van der Waals surface area contributed by atoms with Crippen molar-refractivity contribution in [2.24, 2.45) is 0 Å². The van der Waals surface area contributed by atoms with Gasteiger partial charge in [0.05, 0.1) is 9.99 Å². The number of carbonyl (C=O) groups excluding carboxylic acids is 1. The highest BCUT2D eigenvalue weighted by atomic mass is 79.9. The van der Waals surface area contributed by atoms with Crippen LogP contribution in [0.25, 0.3) is 11.0 Å². The molecule has 3 nitrogen and oxygen atoms in total. The molecule has 0 saturated carbocycles. The van der Waals surface area contributed by atoms with E-state index in [9.17, 15) is 4.79 Å². The smallest absolute Gasteiger partial charge is 0.256 e. The monoisotopic (exact) mass is 536 g/mol. The summed E-state index contributed by atoms with van der Waals surface area (Å²) in [5, 5.41) is 0. The zero-order chi connectivity index (χ0) is 15.5. The second kappa shape index (κ2) is 5.64. The average Bonchev–Trinajstić information content (AvgIpc) is 2.81. The van der Waals surface area contributed by atoms with Gasteiger partial charge in [-0.2, -0.15) is 0 Å². The second-order valence-electron chi connectivity index (χ2n) is 4.64. The summed E-state index contributed by atoms with van der Waals surface area (Å²) < 4.78 is 2.41. The molecule has 2 aromatic rings. The Kier molecular flexibility index (Phi) is 4.43. The van der Waals surface area contributed by atoms with Gasteiger partial charge in [-0.1, -0.05) is 34.8 Å². The van der Waals surface area contributed by atoms with Gasteiger partial charge in [0, 0.05) is 15.5 Å². The molecular weight excluding hydrogens is 534 g/mol. The van der Waals surface area contributed by atoms with E-state index < -0.39 is 9.58 Å². The molecule has 1 aromatic heterocycles. The predicted molar refractivity (Wildman–Crippen MR) is 95.8 cm³/mol. The molecule has 3 rings (SSSR count). The first-order valence-corrected chi connectivity index (χ1v) is 9.42. The number of imidazole rings is 1. The molecule has 0 N–H and O–H groups in total. The summed E-state index contributed by atoms with van der Waals surface area (Å²) in [7, 11) is 0. The van der Waals surface area contributed by atoms with Crippen LogP contribution in [0.1, 0.15) is 22.6 Å². The van der Waals surface area contributed by atoms with Crippen molar-refractivity contribution in [1.82, 2.24) is 9.55 Å². The Morgan fingerprint density at radius 3 is 2.43 bits per heavy atom. The number of rotatable bonds is 1. The van der Waals surface area contributed by atoms with Gasteiger partial charge < -0.3 is 4.57 Å². The third-order valence-electron chi connectivity index (χ3n) is 3.38. The number of nitrogens with zero attached hydrogens (tertiary/aromatic N) is 2. The molecule has 2 heterocycles. The van der Waals surface area contributed by atoms with E-state index in [1.54, 1.807) is 0 Å². The van der Waals surface area contributed by atoms with E-state index in [2.05, 4.69) is 52.8 Å². The quantitative estimate of drug-likeness (QED) is 0.260. The van der Waals surface area contributed by atoms with Gasteiger partial charge in [0.2, 0.25) is 5.78 Å². The number of hydrogen-bond donors (Lipinski definition) is 0. The Labute approximate surface area is 160 Å². The van der Waals surface area contributed by atoms with E-state index >= 15 is 0 Å². The highest BCUT2D eigenvalue weighted by molar-refractivity contribution is 9.14. The maximum atomic E-state index is 12.3. The van der Waals surface area contributed by atoms with Crippen molar-refractivity contribution in [3.05, 3.63) is 24.8 Å². The number of alkyl halides is 3. The Hall–Kier alpha value is 0.670. The van der Waals surface area contributed by atoms with E-state index in [0.29, 0.717) is 12.1 Å². The SMILES string of the molecule is O=C(c1nc2c(Br)c(Br)c(Br)c3c2n1CCC3)C(Cl)(Cl)Cl. The fourth-order valence-corrected chi connectivity index (χ4v) is 4.51. The first-order chi connectivity index (χ1) is 9.73. The first kappa shape index (κ1) is 16.5. The van der Waals surface area contributed by atoms with Crippen LogP contribution in [0, 0.1) is 0 Å². The van der Waals surface area contributed by atoms with Gasteiger partial charge >= 0.3 is 0 Å². The zero-order valence-corrected chi connectivity index (χ0v) is 17.2. The van der Waals surface area contributed by atoms with Crippen LogP contribution in [0.15, 0.2) is 13.4 Å². The Morgan fingerprint density at radius 2 is 1.81 bits per heavy atom.